The molecule has 30 heavy (non-hydrogen) atoms. The van der Waals surface area contributed by atoms with Crippen molar-refractivity contribution in [1.82, 2.24) is 25.3 Å². The monoisotopic (exact) mass is 412 g/mol. The van der Waals surface area contributed by atoms with Crippen LogP contribution < -0.4 is 10.6 Å². The van der Waals surface area contributed by atoms with Gasteiger partial charge in [-0.05, 0) is 29.7 Å². The molecule has 1 aromatic carbocycles. The summed E-state index contributed by atoms with van der Waals surface area (Å²) in [5.41, 5.74) is 2.25. The molecular formula is C23H36N6O. The van der Waals surface area contributed by atoms with Crippen LogP contribution in [0.4, 0.5) is 0 Å². The van der Waals surface area contributed by atoms with Crippen molar-refractivity contribution in [3.63, 3.8) is 0 Å². The smallest absolute Gasteiger partial charge is 0.191 e. The molecule has 0 aliphatic carbocycles. The average Bonchev–Trinajstić information content (AvgIpc) is 3.34. The maximum Gasteiger partial charge on any atom is 0.191 e. The molecule has 0 bridgehead atoms. The van der Waals surface area contributed by atoms with Crippen LogP contribution in [0, 0.1) is 5.92 Å². The van der Waals surface area contributed by atoms with E-state index in [2.05, 4.69) is 63.7 Å². The van der Waals surface area contributed by atoms with Gasteiger partial charge < -0.3 is 15.4 Å². The molecule has 1 fully saturated rings. The number of nitrogens with one attached hydrogen (secondary N) is 2. The molecule has 0 spiro atoms. The summed E-state index contributed by atoms with van der Waals surface area (Å²) in [5.74, 6) is 1.50. The summed E-state index contributed by atoms with van der Waals surface area (Å²) in [6.07, 6.45) is 6.12. The van der Waals surface area contributed by atoms with Crippen molar-refractivity contribution >= 4 is 5.96 Å². The molecule has 1 aromatic heterocycles. The van der Waals surface area contributed by atoms with E-state index < -0.39 is 0 Å². The van der Waals surface area contributed by atoms with Crippen LogP contribution in [0.3, 0.4) is 0 Å². The molecule has 7 nitrogen and oxygen atoms in total. The van der Waals surface area contributed by atoms with Crippen molar-refractivity contribution in [3.8, 4) is 5.69 Å². The van der Waals surface area contributed by atoms with Crippen LogP contribution in [-0.4, -0.2) is 66.6 Å². The summed E-state index contributed by atoms with van der Waals surface area (Å²) in [4.78, 5) is 7.02. The molecule has 1 saturated heterocycles. The lowest BCUT2D eigenvalue weighted by molar-refractivity contribution is 0.00272. The molecule has 164 valence electrons. The quantitative estimate of drug-likeness (QED) is 0.490. The van der Waals surface area contributed by atoms with Gasteiger partial charge in [-0.2, -0.15) is 5.10 Å². The van der Waals surface area contributed by atoms with Crippen LogP contribution in [0.5, 0.6) is 0 Å². The zero-order chi connectivity index (χ0) is 21.2. The molecule has 2 N–H and O–H groups in total. The van der Waals surface area contributed by atoms with Gasteiger partial charge in [0.25, 0.3) is 0 Å². The molecule has 1 atom stereocenters. The van der Waals surface area contributed by atoms with Gasteiger partial charge in [0.2, 0.25) is 0 Å². The Hall–Kier alpha value is -2.38. The number of rotatable bonds is 9. The SMILES string of the molecule is CCC(CC)C(CNC(=NC)NCc1cccc(-n2cccn2)c1)N1CCOCC1. The maximum absolute atomic E-state index is 5.56. The molecule has 0 radical (unpaired) electrons. The number of guanidine groups is 1. The predicted octanol–water partition coefficient (Wildman–Crippen LogP) is 2.67. The number of aromatic nitrogens is 2. The van der Waals surface area contributed by atoms with Crippen LogP contribution in [0.15, 0.2) is 47.7 Å². The predicted molar refractivity (Wildman–Crippen MR) is 122 cm³/mol. The van der Waals surface area contributed by atoms with Crippen LogP contribution in [0.2, 0.25) is 0 Å². The first-order valence-corrected chi connectivity index (χ1v) is 11.1. The number of aliphatic imine (C=N–C) groups is 1. The lowest BCUT2D eigenvalue weighted by Gasteiger charge is -2.39. The number of hydrogen-bond donors (Lipinski definition) is 2. The Labute approximate surface area is 180 Å². The fourth-order valence-corrected chi connectivity index (χ4v) is 4.17. The third-order valence-electron chi connectivity index (χ3n) is 5.95. The molecule has 0 amide bonds. The number of benzene rings is 1. The van der Waals surface area contributed by atoms with E-state index >= 15 is 0 Å². The highest BCUT2D eigenvalue weighted by atomic mass is 16.5. The van der Waals surface area contributed by atoms with Gasteiger partial charge in [0.15, 0.2) is 5.96 Å². The molecule has 0 saturated carbocycles. The van der Waals surface area contributed by atoms with E-state index in [4.69, 9.17) is 4.74 Å². The summed E-state index contributed by atoms with van der Waals surface area (Å²) >= 11 is 0. The Balaban J connectivity index is 1.57. The standard InChI is InChI=1S/C23H36N6O/c1-4-20(5-2)22(28-12-14-30-15-13-28)18-26-23(24-3)25-17-19-8-6-9-21(16-19)29-11-7-10-27-29/h6-11,16,20,22H,4-5,12-15,17-18H2,1-3H3,(H2,24,25,26). The second kappa shape index (κ2) is 11.7. The molecule has 1 aliphatic rings. The number of morpholine rings is 1. The summed E-state index contributed by atoms with van der Waals surface area (Å²) in [6.45, 7) is 9.86. The molecule has 2 aromatic rings. The van der Waals surface area contributed by atoms with E-state index in [1.807, 2.05) is 24.0 Å². The normalized spacial score (nSPS) is 16.6. The van der Waals surface area contributed by atoms with Crippen molar-refractivity contribution in [1.29, 1.82) is 0 Å². The largest absolute Gasteiger partial charge is 0.379 e. The van der Waals surface area contributed by atoms with Crippen molar-refractivity contribution in [2.75, 3.05) is 39.9 Å². The highest BCUT2D eigenvalue weighted by Crippen LogP contribution is 2.19. The fraction of sp³-hybridized carbons (Fsp3) is 0.565. The van der Waals surface area contributed by atoms with Gasteiger partial charge in [-0.1, -0.05) is 38.8 Å². The lowest BCUT2D eigenvalue weighted by Crippen LogP contribution is -2.53. The Morgan fingerprint density at radius 1 is 1.17 bits per heavy atom. The highest BCUT2D eigenvalue weighted by molar-refractivity contribution is 5.79. The molecule has 1 aliphatic heterocycles. The highest BCUT2D eigenvalue weighted by Gasteiger charge is 2.26. The molecule has 3 rings (SSSR count). The van der Waals surface area contributed by atoms with Crippen molar-refractivity contribution in [2.45, 2.75) is 39.3 Å². The zero-order valence-corrected chi connectivity index (χ0v) is 18.6. The summed E-state index contributed by atoms with van der Waals surface area (Å²) in [7, 11) is 1.83. The molecule has 7 heteroatoms. The van der Waals surface area contributed by atoms with E-state index in [-0.39, 0.29) is 0 Å². The summed E-state index contributed by atoms with van der Waals surface area (Å²) in [6, 6.07) is 10.8. The van der Waals surface area contributed by atoms with Gasteiger partial charge in [0, 0.05) is 51.7 Å². The first-order valence-electron chi connectivity index (χ1n) is 11.1. The van der Waals surface area contributed by atoms with E-state index in [1.165, 1.54) is 18.4 Å². The Bertz CT molecular complexity index is 766. The van der Waals surface area contributed by atoms with Crippen molar-refractivity contribution in [3.05, 3.63) is 48.3 Å². The minimum atomic E-state index is 0.491. The maximum atomic E-state index is 5.56. The van der Waals surface area contributed by atoms with E-state index in [0.717, 1.165) is 44.5 Å². The first kappa shape index (κ1) is 22.3. The van der Waals surface area contributed by atoms with E-state index in [9.17, 15) is 0 Å². The second-order valence-corrected chi connectivity index (χ2v) is 7.72. The zero-order valence-electron chi connectivity index (χ0n) is 18.6. The Morgan fingerprint density at radius 2 is 1.97 bits per heavy atom. The van der Waals surface area contributed by atoms with Crippen LogP contribution in [-0.2, 0) is 11.3 Å². The van der Waals surface area contributed by atoms with Gasteiger partial charge in [-0.25, -0.2) is 4.68 Å². The Morgan fingerprint density at radius 3 is 2.63 bits per heavy atom. The number of ether oxygens (including phenoxy) is 1. The van der Waals surface area contributed by atoms with Gasteiger partial charge in [0.05, 0.1) is 18.9 Å². The van der Waals surface area contributed by atoms with Gasteiger partial charge >= 0.3 is 0 Å². The van der Waals surface area contributed by atoms with Gasteiger partial charge in [0.1, 0.15) is 0 Å². The van der Waals surface area contributed by atoms with E-state index in [0.29, 0.717) is 18.5 Å². The lowest BCUT2D eigenvalue weighted by atomic mass is 9.92. The van der Waals surface area contributed by atoms with Crippen molar-refractivity contribution in [2.24, 2.45) is 10.9 Å². The summed E-state index contributed by atoms with van der Waals surface area (Å²) in [5, 5.41) is 11.3. The Kier molecular flexibility index (Phi) is 8.71. The average molecular weight is 413 g/mol. The molecule has 1 unspecified atom stereocenters. The topological polar surface area (TPSA) is 66.7 Å². The molecular weight excluding hydrogens is 376 g/mol. The van der Waals surface area contributed by atoms with Crippen LogP contribution in [0.25, 0.3) is 5.69 Å². The second-order valence-electron chi connectivity index (χ2n) is 7.72. The summed E-state index contributed by atoms with van der Waals surface area (Å²) < 4.78 is 7.44. The van der Waals surface area contributed by atoms with Gasteiger partial charge in [-0.15, -0.1) is 0 Å². The molecule has 2 heterocycles. The third-order valence-corrected chi connectivity index (χ3v) is 5.95. The first-order chi connectivity index (χ1) is 14.7. The minimum Gasteiger partial charge on any atom is -0.379 e. The van der Waals surface area contributed by atoms with Crippen LogP contribution in [0.1, 0.15) is 32.3 Å². The number of nitrogens with zero attached hydrogens (tertiary/aromatic N) is 4. The number of hydrogen-bond acceptors (Lipinski definition) is 4. The fourth-order valence-electron chi connectivity index (χ4n) is 4.17. The third kappa shape index (κ3) is 6.06. The van der Waals surface area contributed by atoms with Gasteiger partial charge in [-0.3, -0.25) is 9.89 Å². The van der Waals surface area contributed by atoms with E-state index in [1.54, 1.807) is 6.20 Å². The minimum absolute atomic E-state index is 0.491. The van der Waals surface area contributed by atoms with Crippen molar-refractivity contribution < 1.29 is 4.74 Å². The van der Waals surface area contributed by atoms with Crippen LogP contribution >= 0.6 is 0 Å².